The second kappa shape index (κ2) is 7.28. The van der Waals surface area contributed by atoms with Crippen LogP contribution >= 0.6 is 0 Å². The summed E-state index contributed by atoms with van der Waals surface area (Å²) in [5.41, 5.74) is 1.44. The van der Waals surface area contributed by atoms with Crippen molar-refractivity contribution in [3.63, 3.8) is 0 Å². The van der Waals surface area contributed by atoms with Gasteiger partial charge < -0.3 is 5.32 Å². The highest BCUT2D eigenvalue weighted by molar-refractivity contribution is 7.92. The largest absolute Gasteiger partial charge is 0.336 e. The minimum atomic E-state index is -3.82. The lowest BCUT2D eigenvalue weighted by atomic mass is 10.2. The molecule has 0 spiro atoms. The van der Waals surface area contributed by atoms with E-state index in [0.29, 0.717) is 5.56 Å². The third-order valence-corrected chi connectivity index (χ3v) is 5.23. The van der Waals surface area contributed by atoms with Crippen LogP contribution in [0.15, 0.2) is 53.4 Å². The van der Waals surface area contributed by atoms with Crippen molar-refractivity contribution in [2.45, 2.75) is 18.7 Å². The second-order valence-electron chi connectivity index (χ2n) is 5.93. The molecule has 0 atom stereocenters. The summed E-state index contributed by atoms with van der Waals surface area (Å²) in [6, 6.07) is 11.0. The van der Waals surface area contributed by atoms with Crippen molar-refractivity contribution in [1.82, 2.24) is 10.2 Å². The van der Waals surface area contributed by atoms with E-state index >= 15 is 0 Å². The van der Waals surface area contributed by atoms with Crippen LogP contribution in [0.3, 0.4) is 0 Å². The number of aryl methyl sites for hydroxylation is 2. The number of rotatable bonds is 5. The summed E-state index contributed by atoms with van der Waals surface area (Å²) in [6.07, 6.45) is 0. The first-order valence-corrected chi connectivity index (χ1v) is 9.39. The van der Waals surface area contributed by atoms with E-state index in [9.17, 15) is 17.2 Å². The van der Waals surface area contributed by atoms with Gasteiger partial charge in [-0.3, -0.25) is 4.72 Å². The monoisotopic (exact) mass is 390 g/mol. The molecule has 0 unspecified atom stereocenters. The van der Waals surface area contributed by atoms with Gasteiger partial charge in [-0.15, -0.1) is 10.2 Å². The molecular formula is C18H16F2N4O2S. The SMILES string of the molecule is Cc1ccc(C)c(S(=O)(=O)Nc2ccc(Nc3ccc(F)cc3F)nn2)c1. The number of nitrogens with zero attached hydrogens (tertiary/aromatic N) is 2. The fraction of sp³-hybridized carbons (Fsp3) is 0.111. The molecule has 27 heavy (non-hydrogen) atoms. The van der Waals surface area contributed by atoms with Gasteiger partial charge in [0.2, 0.25) is 0 Å². The van der Waals surface area contributed by atoms with Gasteiger partial charge in [0.05, 0.1) is 10.6 Å². The van der Waals surface area contributed by atoms with Gasteiger partial charge in [0.1, 0.15) is 11.6 Å². The summed E-state index contributed by atoms with van der Waals surface area (Å²) in [4.78, 5) is 0.153. The van der Waals surface area contributed by atoms with Crippen molar-refractivity contribution in [2.75, 3.05) is 10.0 Å². The normalized spacial score (nSPS) is 11.3. The van der Waals surface area contributed by atoms with Crippen molar-refractivity contribution >= 4 is 27.3 Å². The molecule has 0 saturated heterocycles. The van der Waals surface area contributed by atoms with Gasteiger partial charge in [-0.25, -0.2) is 17.2 Å². The summed E-state index contributed by atoms with van der Waals surface area (Å²) in [5.74, 6) is -1.28. The Kier molecular flexibility index (Phi) is 5.04. The van der Waals surface area contributed by atoms with Gasteiger partial charge in [0, 0.05) is 6.07 Å². The van der Waals surface area contributed by atoms with Gasteiger partial charge in [-0.1, -0.05) is 12.1 Å². The molecule has 0 amide bonds. The highest BCUT2D eigenvalue weighted by atomic mass is 32.2. The molecular weight excluding hydrogens is 374 g/mol. The van der Waals surface area contributed by atoms with Gasteiger partial charge in [0.15, 0.2) is 11.6 Å². The Hall–Kier alpha value is -3.07. The Labute approximate surface area is 155 Å². The summed E-state index contributed by atoms with van der Waals surface area (Å²) in [5, 5.41) is 10.2. The molecule has 1 heterocycles. The van der Waals surface area contributed by atoms with E-state index in [1.54, 1.807) is 26.0 Å². The number of nitrogens with one attached hydrogen (secondary N) is 2. The van der Waals surface area contributed by atoms with Crippen molar-refractivity contribution in [3.05, 3.63) is 71.3 Å². The van der Waals surface area contributed by atoms with E-state index in [2.05, 4.69) is 20.2 Å². The zero-order chi connectivity index (χ0) is 19.6. The van der Waals surface area contributed by atoms with Crippen molar-refractivity contribution in [3.8, 4) is 0 Å². The molecule has 1 aromatic heterocycles. The van der Waals surface area contributed by atoms with Gasteiger partial charge in [0.25, 0.3) is 10.0 Å². The first-order valence-electron chi connectivity index (χ1n) is 7.90. The first kappa shape index (κ1) is 18.7. The van der Waals surface area contributed by atoms with E-state index in [4.69, 9.17) is 0 Å². The number of anilines is 3. The zero-order valence-electron chi connectivity index (χ0n) is 14.5. The maximum atomic E-state index is 13.7. The van der Waals surface area contributed by atoms with Crippen LogP contribution in [0.2, 0.25) is 0 Å². The highest BCUT2D eigenvalue weighted by Gasteiger charge is 2.18. The Morgan fingerprint density at radius 2 is 1.59 bits per heavy atom. The van der Waals surface area contributed by atoms with Crippen LogP contribution < -0.4 is 10.0 Å². The Bertz CT molecular complexity index is 1090. The maximum Gasteiger partial charge on any atom is 0.263 e. The molecule has 0 aliphatic carbocycles. The molecule has 0 saturated carbocycles. The summed E-state index contributed by atoms with van der Waals surface area (Å²) >= 11 is 0. The molecule has 0 bridgehead atoms. The molecule has 2 aromatic carbocycles. The number of hydrogen-bond acceptors (Lipinski definition) is 5. The molecule has 3 aromatic rings. The zero-order valence-corrected chi connectivity index (χ0v) is 15.3. The molecule has 9 heteroatoms. The molecule has 2 N–H and O–H groups in total. The molecule has 6 nitrogen and oxygen atoms in total. The van der Waals surface area contributed by atoms with Gasteiger partial charge in [-0.2, -0.15) is 0 Å². The van der Waals surface area contributed by atoms with E-state index < -0.39 is 21.7 Å². The van der Waals surface area contributed by atoms with Crippen LogP contribution in [0, 0.1) is 25.5 Å². The minimum absolute atomic E-state index is 0.0148. The number of hydrogen-bond donors (Lipinski definition) is 2. The lowest BCUT2D eigenvalue weighted by Crippen LogP contribution is -2.15. The Balaban J connectivity index is 1.78. The fourth-order valence-corrected chi connectivity index (χ4v) is 3.70. The molecule has 3 rings (SSSR count). The summed E-state index contributed by atoms with van der Waals surface area (Å²) in [7, 11) is -3.82. The van der Waals surface area contributed by atoms with E-state index in [0.717, 1.165) is 17.7 Å². The van der Waals surface area contributed by atoms with Gasteiger partial charge >= 0.3 is 0 Å². The molecule has 0 aliphatic heterocycles. The molecule has 0 aliphatic rings. The predicted molar refractivity (Wildman–Crippen MR) is 98.4 cm³/mol. The highest BCUT2D eigenvalue weighted by Crippen LogP contribution is 2.22. The van der Waals surface area contributed by atoms with Crippen molar-refractivity contribution < 1.29 is 17.2 Å². The number of sulfonamides is 1. The van der Waals surface area contributed by atoms with Crippen molar-refractivity contribution in [1.29, 1.82) is 0 Å². The average molecular weight is 390 g/mol. The number of aromatic nitrogens is 2. The predicted octanol–water partition coefficient (Wildman–Crippen LogP) is 3.92. The van der Waals surface area contributed by atoms with E-state index in [1.165, 1.54) is 18.2 Å². The van der Waals surface area contributed by atoms with Crippen LogP contribution in [0.5, 0.6) is 0 Å². The number of benzene rings is 2. The van der Waals surface area contributed by atoms with Crippen LogP contribution in [0.25, 0.3) is 0 Å². The molecule has 0 fully saturated rings. The maximum absolute atomic E-state index is 13.7. The lowest BCUT2D eigenvalue weighted by Gasteiger charge is -2.11. The van der Waals surface area contributed by atoms with Crippen LogP contribution in [-0.4, -0.2) is 18.6 Å². The van der Waals surface area contributed by atoms with Crippen LogP contribution in [0.1, 0.15) is 11.1 Å². The standard InChI is InChI=1S/C18H16F2N4O2S/c1-11-3-4-12(2)16(9-11)27(25,26)24-18-8-7-17(22-23-18)21-15-6-5-13(19)10-14(15)20/h3-10H,1-2H3,(H,21,22)(H,23,24). The fourth-order valence-electron chi connectivity index (χ4n) is 2.37. The van der Waals surface area contributed by atoms with Crippen LogP contribution in [0.4, 0.5) is 26.1 Å². The Morgan fingerprint density at radius 3 is 2.26 bits per heavy atom. The second-order valence-corrected chi connectivity index (χ2v) is 7.58. The smallest absolute Gasteiger partial charge is 0.263 e. The minimum Gasteiger partial charge on any atom is -0.336 e. The third-order valence-electron chi connectivity index (χ3n) is 3.73. The summed E-state index contributed by atoms with van der Waals surface area (Å²) in [6.45, 7) is 3.50. The molecule has 140 valence electrons. The van der Waals surface area contributed by atoms with Gasteiger partial charge in [-0.05, 0) is 55.3 Å². The van der Waals surface area contributed by atoms with E-state index in [-0.39, 0.29) is 22.2 Å². The lowest BCUT2D eigenvalue weighted by molar-refractivity contribution is 0.586. The van der Waals surface area contributed by atoms with Crippen molar-refractivity contribution in [2.24, 2.45) is 0 Å². The van der Waals surface area contributed by atoms with E-state index in [1.807, 2.05) is 6.07 Å². The topological polar surface area (TPSA) is 84.0 Å². The molecule has 0 radical (unpaired) electrons. The average Bonchev–Trinajstić information content (AvgIpc) is 2.61. The number of halogens is 2. The third kappa shape index (κ3) is 4.37. The quantitative estimate of drug-likeness (QED) is 0.690. The Morgan fingerprint density at radius 1 is 0.889 bits per heavy atom. The summed E-state index contributed by atoms with van der Waals surface area (Å²) < 4.78 is 54.0. The van der Waals surface area contributed by atoms with Crippen LogP contribution in [-0.2, 0) is 10.0 Å². The first-order chi connectivity index (χ1) is 12.7.